The molecule has 5 nitrogen and oxygen atoms in total. The number of rotatable bonds is 1. The second-order valence-corrected chi connectivity index (χ2v) is 4.63. The predicted octanol–water partition coefficient (Wildman–Crippen LogP) is -0.0616. The largest absolute Gasteiger partial charge is 0.380 e. The fourth-order valence-corrected chi connectivity index (χ4v) is 2.14. The highest BCUT2D eigenvalue weighted by Crippen LogP contribution is 2.22. The van der Waals surface area contributed by atoms with Crippen LogP contribution >= 0.6 is 11.8 Å². The Morgan fingerprint density at radius 3 is 3.07 bits per heavy atom. The zero-order valence-corrected chi connectivity index (χ0v) is 8.91. The molecule has 0 fully saturated rings. The highest BCUT2D eigenvalue weighted by Gasteiger charge is 2.28. The van der Waals surface area contributed by atoms with Crippen molar-refractivity contribution >= 4 is 11.8 Å². The van der Waals surface area contributed by atoms with Crippen molar-refractivity contribution in [1.29, 1.82) is 5.41 Å². The summed E-state index contributed by atoms with van der Waals surface area (Å²) >= 11 is 1.77. The second kappa shape index (κ2) is 3.20. The normalized spacial score (nSPS) is 20.0. The Balaban J connectivity index is 2.37. The molecular formula is C8H12N4OS. The molecule has 0 radical (unpaired) electrons. The predicted molar refractivity (Wildman–Crippen MR) is 52.0 cm³/mol. The topological polar surface area (TPSA) is 58.2 Å². The molecule has 0 spiro atoms. The second-order valence-electron chi connectivity index (χ2n) is 3.74. The Kier molecular flexibility index (Phi) is 2.14. The zero-order chi connectivity index (χ0) is 10.2. The van der Waals surface area contributed by atoms with Crippen LogP contribution in [0.2, 0.25) is 0 Å². The Morgan fingerprint density at radius 1 is 1.71 bits per heavy atom. The molecular weight excluding hydrogens is 200 g/mol. The minimum atomic E-state index is -0.0204. The van der Waals surface area contributed by atoms with Crippen LogP contribution in [0.15, 0.2) is 22.3 Å². The van der Waals surface area contributed by atoms with Gasteiger partial charge in [0.1, 0.15) is 0 Å². The molecule has 0 amide bonds. The molecule has 1 aromatic heterocycles. The first-order valence-corrected chi connectivity index (χ1v) is 5.33. The Hall–Kier alpha value is -1.17. The summed E-state index contributed by atoms with van der Waals surface area (Å²) in [7, 11) is 0. The van der Waals surface area contributed by atoms with Crippen LogP contribution in [0, 0.1) is 5.41 Å². The summed E-state index contributed by atoms with van der Waals surface area (Å²) in [6.45, 7) is 4.24. The van der Waals surface area contributed by atoms with E-state index in [1.165, 1.54) is 0 Å². The van der Waals surface area contributed by atoms with Gasteiger partial charge < -0.3 is 4.52 Å². The van der Waals surface area contributed by atoms with Gasteiger partial charge in [-0.15, -0.1) is 11.8 Å². The van der Waals surface area contributed by atoms with E-state index in [4.69, 9.17) is 9.93 Å². The van der Waals surface area contributed by atoms with Gasteiger partial charge >= 0.3 is 0 Å². The maximum Gasteiger partial charge on any atom is 0.286 e. The monoisotopic (exact) mass is 212 g/mol. The summed E-state index contributed by atoms with van der Waals surface area (Å²) < 4.78 is 4.71. The summed E-state index contributed by atoms with van der Waals surface area (Å²) in [6, 6.07) is 0. The highest BCUT2D eigenvalue weighted by atomic mass is 32.2. The maximum atomic E-state index is 7.26. The minimum absolute atomic E-state index is 0.0204. The van der Waals surface area contributed by atoms with Crippen LogP contribution in [-0.2, 0) is 0 Å². The Morgan fingerprint density at radius 2 is 2.50 bits per heavy atom. The van der Waals surface area contributed by atoms with Crippen LogP contribution in [0.4, 0.5) is 0 Å². The molecule has 0 aromatic carbocycles. The number of nitrogens with one attached hydrogen (secondary N) is 1. The fourth-order valence-electron chi connectivity index (χ4n) is 1.31. The number of aromatic nitrogens is 2. The van der Waals surface area contributed by atoms with Crippen LogP contribution in [0.1, 0.15) is 13.8 Å². The summed E-state index contributed by atoms with van der Waals surface area (Å²) in [5.41, 5.74) is 0.0420. The van der Waals surface area contributed by atoms with Crippen molar-refractivity contribution in [3.8, 4) is 0 Å². The Labute approximate surface area is 85.8 Å². The van der Waals surface area contributed by atoms with Gasteiger partial charge in [-0.05, 0) is 16.9 Å². The lowest BCUT2D eigenvalue weighted by atomic mass is 10.1. The third-order valence-corrected chi connectivity index (χ3v) is 3.22. The molecule has 0 saturated heterocycles. The molecule has 2 heterocycles. The van der Waals surface area contributed by atoms with E-state index in [9.17, 15) is 0 Å². The number of thioether (sulfide) groups is 1. The van der Waals surface area contributed by atoms with Crippen molar-refractivity contribution in [3.05, 3.63) is 23.4 Å². The van der Waals surface area contributed by atoms with Crippen LogP contribution in [-0.4, -0.2) is 11.3 Å². The van der Waals surface area contributed by atoms with E-state index in [2.05, 4.69) is 19.1 Å². The molecule has 14 heavy (non-hydrogen) atoms. The molecule has 76 valence electrons. The third kappa shape index (κ3) is 1.57. The minimum Gasteiger partial charge on any atom is -0.380 e. The van der Waals surface area contributed by atoms with E-state index in [0.29, 0.717) is 0 Å². The van der Waals surface area contributed by atoms with Crippen LogP contribution in [0.25, 0.3) is 0 Å². The van der Waals surface area contributed by atoms with Crippen molar-refractivity contribution in [2.75, 3.05) is 10.8 Å². The van der Waals surface area contributed by atoms with Gasteiger partial charge in [0.05, 0.1) is 0 Å². The number of hydrogen-bond acceptors (Lipinski definition) is 4. The van der Waals surface area contributed by atoms with Gasteiger partial charge in [0.15, 0.2) is 0 Å². The highest BCUT2D eigenvalue weighted by molar-refractivity contribution is 8.02. The number of hydrogen-bond donors (Lipinski definition) is 1. The summed E-state index contributed by atoms with van der Waals surface area (Å²) in [5, 5.41) is 15.0. The van der Waals surface area contributed by atoms with E-state index in [0.717, 1.165) is 5.75 Å². The van der Waals surface area contributed by atoms with Gasteiger partial charge in [0, 0.05) is 11.3 Å². The summed E-state index contributed by atoms with van der Waals surface area (Å²) in [6.07, 6.45) is 3.48. The molecule has 0 unspecified atom stereocenters. The van der Waals surface area contributed by atoms with Crippen molar-refractivity contribution in [2.45, 2.75) is 19.4 Å². The molecule has 1 aliphatic rings. The average Bonchev–Trinajstić information content (AvgIpc) is 2.51. The lowest BCUT2D eigenvalue weighted by Crippen LogP contribution is -2.67. The van der Waals surface area contributed by atoms with Gasteiger partial charge in [-0.25, -0.2) is 5.01 Å². The first kappa shape index (κ1) is 9.39. The van der Waals surface area contributed by atoms with Crippen LogP contribution in [0.5, 0.6) is 0 Å². The van der Waals surface area contributed by atoms with Gasteiger partial charge in [-0.2, -0.15) is 0 Å². The lowest BCUT2D eigenvalue weighted by Gasteiger charge is -2.38. The first-order chi connectivity index (χ1) is 6.59. The van der Waals surface area contributed by atoms with Gasteiger partial charge in [-0.1, -0.05) is 18.6 Å². The van der Waals surface area contributed by atoms with Crippen molar-refractivity contribution < 1.29 is 9.31 Å². The summed E-state index contributed by atoms with van der Waals surface area (Å²) in [5.74, 6) is 0.983. The SMILES string of the molecule is CC1(C)CSC=CN1[n+]1cc(=N)o[n-]1. The standard InChI is InChI=1S/C8H12N4OS/c1-8(2)6-14-4-3-11(8)12-5-7(9)13-10-12/h3-5,9H,6H2,1-2H3. The quantitative estimate of drug-likeness (QED) is 0.662. The van der Waals surface area contributed by atoms with Gasteiger partial charge in [0.25, 0.3) is 11.8 Å². The van der Waals surface area contributed by atoms with E-state index in [1.807, 2.05) is 16.6 Å². The molecule has 0 bridgehead atoms. The molecule has 1 aliphatic heterocycles. The molecule has 0 aliphatic carbocycles. The van der Waals surface area contributed by atoms with Crippen LogP contribution < -0.4 is 20.6 Å². The van der Waals surface area contributed by atoms with Crippen molar-refractivity contribution in [3.63, 3.8) is 0 Å². The average molecular weight is 212 g/mol. The molecule has 6 heteroatoms. The fraction of sp³-hybridized carbons (Fsp3) is 0.500. The molecule has 0 atom stereocenters. The zero-order valence-electron chi connectivity index (χ0n) is 8.10. The third-order valence-electron chi connectivity index (χ3n) is 2.03. The van der Waals surface area contributed by atoms with Crippen molar-refractivity contribution in [2.24, 2.45) is 0 Å². The van der Waals surface area contributed by atoms with Gasteiger partial charge in [-0.3, -0.25) is 5.41 Å². The van der Waals surface area contributed by atoms with Crippen molar-refractivity contribution in [1.82, 2.24) is 5.27 Å². The maximum absolute atomic E-state index is 7.26. The molecule has 2 rings (SSSR count). The van der Waals surface area contributed by atoms with E-state index >= 15 is 0 Å². The van der Waals surface area contributed by atoms with E-state index < -0.39 is 0 Å². The van der Waals surface area contributed by atoms with E-state index in [1.54, 1.807) is 22.7 Å². The lowest BCUT2D eigenvalue weighted by molar-refractivity contribution is -0.763. The smallest absolute Gasteiger partial charge is 0.286 e. The molecule has 1 aromatic rings. The van der Waals surface area contributed by atoms with Crippen LogP contribution in [0.3, 0.4) is 0 Å². The van der Waals surface area contributed by atoms with Gasteiger partial charge in [0.2, 0.25) is 0 Å². The first-order valence-electron chi connectivity index (χ1n) is 4.28. The Bertz CT molecular complexity index is 405. The molecule has 1 N–H and O–H groups in total. The van der Waals surface area contributed by atoms with E-state index in [-0.39, 0.29) is 11.1 Å². The number of nitrogens with zero attached hydrogens (tertiary/aromatic N) is 3. The summed E-state index contributed by atoms with van der Waals surface area (Å²) in [4.78, 5) is 1.55. The molecule has 0 saturated carbocycles.